The van der Waals surface area contributed by atoms with Crippen molar-refractivity contribution in [1.82, 2.24) is 0 Å². The highest BCUT2D eigenvalue weighted by Crippen LogP contribution is 2.32. The topological polar surface area (TPSA) is 43.4 Å². The second kappa shape index (κ2) is 5.66. The number of benzene rings is 1. The Morgan fingerprint density at radius 2 is 1.78 bits per heavy atom. The monoisotopic (exact) mass is 260 g/mol. The van der Waals surface area contributed by atoms with Crippen molar-refractivity contribution in [3.8, 4) is 0 Å². The van der Waals surface area contributed by atoms with Gasteiger partial charge in [-0.1, -0.05) is 18.2 Å². The molecule has 0 atom stereocenters. The van der Waals surface area contributed by atoms with Crippen molar-refractivity contribution in [3.63, 3.8) is 0 Å². The van der Waals surface area contributed by atoms with Crippen LogP contribution in [0.4, 0.5) is 13.2 Å². The Bertz CT molecular complexity index is 452. The summed E-state index contributed by atoms with van der Waals surface area (Å²) in [5.74, 6) is -1.36. The van der Waals surface area contributed by atoms with E-state index in [9.17, 15) is 22.8 Å². The van der Waals surface area contributed by atoms with Crippen molar-refractivity contribution in [3.05, 3.63) is 35.4 Å². The number of ether oxygens (including phenoxy) is 1. The SMILES string of the molecule is COC(=O)CCC(=O)c1ccccc1C(F)(F)F. The standard InChI is InChI=1S/C12H11F3O3/c1-18-11(17)7-6-10(16)8-4-2-3-5-9(8)12(13,14)15/h2-5H,6-7H2,1H3. The molecular weight excluding hydrogens is 249 g/mol. The van der Waals surface area contributed by atoms with Crippen LogP contribution < -0.4 is 0 Å². The Hall–Kier alpha value is -1.85. The highest BCUT2D eigenvalue weighted by Gasteiger charge is 2.34. The van der Waals surface area contributed by atoms with E-state index in [1.807, 2.05) is 0 Å². The van der Waals surface area contributed by atoms with Gasteiger partial charge in [-0.2, -0.15) is 13.2 Å². The van der Waals surface area contributed by atoms with Crippen LogP contribution >= 0.6 is 0 Å². The number of ketones is 1. The zero-order chi connectivity index (χ0) is 13.8. The van der Waals surface area contributed by atoms with Gasteiger partial charge in [-0.25, -0.2) is 0 Å². The van der Waals surface area contributed by atoms with Gasteiger partial charge in [-0.15, -0.1) is 0 Å². The van der Waals surface area contributed by atoms with Gasteiger partial charge in [0.1, 0.15) is 0 Å². The second-order valence-electron chi connectivity index (χ2n) is 3.54. The fourth-order valence-corrected chi connectivity index (χ4v) is 1.43. The van der Waals surface area contributed by atoms with Gasteiger partial charge in [0.2, 0.25) is 0 Å². The van der Waals surface area contributed by atoms with Gasteiger partial charge in [0.15, 0.2) is 5.78 Å². The van der Waals surface area contributed by atoms with Gasteiger partial charge >= 0.3 is 12.1 Å². The molecule has 6 heteroatoms. The summed E-state index contributed by atoms with van der Waals surface area (Å²) >= 11 is 0. The predicted molar refractivity (Wildman–Crippen MR) is 57.0 cm³/mol. The van der Waals surface area contributed by atoms with E-state index >= 15 is 0 Å². The molecule has 0 aliphatic rings. The average Bonchev–Trinajstić information content (AvgIpc) is 2.34. The van der Waals surface area contributed by atoms with Gasteiger partial charge in [0.25, 0.3) is 0 Å². The van der Waals surface area contributed by atoms with E-state index < -0.39 is 29.1 Å². The molecule has 0 amide bonds. The van der Waals surface area contributed by atoms with E-state index in [1.54, 1.807) is 0 Å². The van der Waals surface area contributed by atoms with Crippen molar-refractivity contribution in [2.75, 3.05) is 7.11 Å². The third kappa shape index (κ3) is 3.58. The van der Waals surface area contributed by atoms with Crippen LogP contribution in [0.25, 0.3) is 0 Å². The molecule has 3 nitrogen and oxygen atoms in total. The van der Waals surface area contributed by atoms with Crippen LogP contribution in [0.3, 0.4) is 0 Å². The lowest BCUT2D eigenvalue weighted by Crippen LogP contribution is -2.14. The molecule has 1 aromatic rings. The molecule has 0 bridgehead atoms. The Balaban J connectivity index is 2.89. The van der Waals surface area contributed by atoms with Gasteiger partial charge in [0, 0.05) is 12.0 Å². The minimum Gasteiger partial charge on any atom is -0.469 e. The molecule has 18 heavy (non-hydrogen) atoms. The number of Topliss-reactive ketones (excluding diaryl/α,β-unsaturated/α-hetero) is 1. The maximum atomic E-state index is 12.6. The number of alkyl halides is 3. The highest BCUT2D eigenvalue weighted by atomic mass is 19.4. The molecule has 98 valence electrons. The normalized spacial score (nSPS) is 11.1. The molecule has 0 aliphatic carbocycles. The molecule has 1 rings (SSSR count). The first-order valence-corrected chi connectivity index (χ1v) is 5.12. The van der Waals surface area contributed by atoms with Crippen LogP contribution in [0.5, 0.6) is 0 Å². The molecule has 0 radical (unpaired) electrons. The van der Waals surface area contributed by atoms with Crippen molar-refractivity contribution in [1.29, 1.82) is 0 Å². The Labute approximate surface area is 102 Å². The molecule has 0 unspecified atom stereocenters. The van der Waals surface area contributed by atoms with Crippen LogP contribution in [-0.2, 0) is 15.7 Å². The fraction of sp³-hybridized carbons (Fsp3) is 0.333. The summed E-state index contributed by atoms with van der Waals surface area (Å²) in [6, 6.07) is 4.49. The van der Waals surface area contributed by atoms with E-state index in [0.717, 1.165) is 19.2 Å². The number of carbonyl (C=O) groups excluding carboxylic acids is 2. The van der Waals surface area contributed by atoms with Crippen LogP contribution in [0, 0.1) is 0 Å². The van der Waals surface area contributed by atoms with Crippen LogP contribution in [0.2, 0.25) is 0 Å². The first-order valence-electron chi connectivity index (χ1n) is 5.12. The number of hydrogen-bond acceptors (Lipinski definition) is 3. The number of halogens is 3. The molecule has 0 fully saturated rings. The molecule has 1 aromatic carbocycles. The minimum absolute atomic E-state index is 0.235. The van der Waals surface area contributed by atoms with Crippen LogP contribution in [-0.4, -0.2) is 18.9 Å². The second-order valence-corrected chi connectivity index (χ2v) is 3.54. The number of hydrogen-bond donors (Lipinski definition) is 0. The first kappa shape index (κ1) is 14.2. The molecule has 0 heterocycles. The number of methoxy groups -OCH3 is 1. The minimum atomic E-state index is -4.59. The van der Waals surface area contributed by atoms with Crippen LogP contribution in [0.15, 0.2) is 24.3 Å². The van der Waals surface area contributed by atoms with E-state index in [0.29, 0.717) is 0 Å². The van der Waals surface area contributed by atoms with Gasteiger partial charge < -0.3 is 4.74 Å². The number of rotatable bonds is 4. The molecule has 0 saturated carbocycles. The molecular formula is C12H11F3O3. The lowest BCUT2D eigenvalue weighted by atomic mass is 10.0. The maximum absolute atomic E-state index is 12.6. The summed E-state index contributed by atoms with van der Waals surface area (Å²) in [5.41, 5.74) is -1.41. The smallest absolute Gasteiger partial charge is 0.417 e. The summed E-state index contributed by atoms with van der Waals surface area (Å²) in [4.78, 5) is 22.5. The Morgan fingerprint density at radius 3 is 2.33 bits per heavy atom. The van der Waals surface area contributed by atoms with Crippen LogP contribution in [0.1, 0.15) is 28.8 Å². The summed E-state index contributed by atoms with van der Waals surface area (Å²) in [5, 5.41) is 0. The van der Waals surface area contributed by atoms with E-state index in [1.165, 1.54) is 12.1 Å². The quantitative estimate of drug-likeness (QED) is 0.617. The molecule has 0 spiro atoms. The first-order chi connectivity index (χ1) is 8.36. The lowest BCUT2D eigenvalue weighted by molar-refractivity contribution is -0.140. The van der Waals surface area contributed by atoms with Gasteiger partial charge in [0.05, 0.1) is 19.1 Å². The number of esters is 1. The fourth-order valence-electron chi connectivity index (χ4n) is 1.43. The zero-order valence-corrected chi connectivity index (χ0v) is 9.58. The largest absolute Gasteiger partial charge is 0.469 e. The molecule has 0 aliphatic heterocycles. The van der Waals surface area contributed by atoms with Crippen molar-refractivity contribution in [2.45, 2.75) is 19.0 Å². The van der Waals surface area contributed by atoms with Gasteiger partial charge in [-0.3, -0.25) is 9.59 Å². The predicted octanol–water partition coefficient (Wildman–Crippen LogP) is 2.84. The Kier molecular flexibility index (Phi) is 4.47. The zero-order valence-electron chi connectivity index (χ0n) is 9.58. The van der Waals surface area contributed by atoms with E-state index in [4.69, 9.17) is 0 Å². The van der Waals surface area contributed by atoms with Crippen molar-refractivity contribution >= 4 is 11.8 Å². The lowest BCUT2D eigenvalue weighted by Gasteiger charge is -2.11. The van der Waals surface area contributed by atoms with Crippen molar-refractivity contribution in [2.24, 2.45) is 0 Å². The maximum Gasteiger partial charge on any atom is 0.417 e. The Morgan fingerprint density at radius 1 is 1.17 bits per heavy atom. The summed E-state index contributed by atoms with van der Waals surface area (Å²) < 4.78 is 42.2. The van der Waals surface area contributed by atoms with E-state index in [2.05, 4.69) is 4.74 Å². The number of carbonyl (C=O) groups is 2. The highest BCUT2D eigenvalue weighted by molar-refractivity contribution is 5.99. The molecule has 0 saturated heterocycles. The molecule has 0 N–H and O–H groups in total. The van der Waals surface area contributed by atoms with Gasteiger partial charge in [-0.05, 0) is 6.07 Å². The molecule has 0 aromatic heterocycles. The average molecular weight is 260 g/mol. The third-order valence-electron chi connectivity index (χ3n) is 2.32. The van der Waals surface area contributed by atoms with E-state index in [-0.39, 0.29) is 12.8 Å². The summed E-state index contributed by atoms with van der Waals surface area (Å²) in [6.07, 6.45) is -5.13. The van der Waals surface area contributed by atoms with Crippen molar-refractivity contribution < 1.29 is 27.5 Å². The summed E-state index contributed by atoms with van der Waals surface area (Å²) in [7, 11) is 1.15. The summed E-state index contributed by atoms with van der Waals surface area (Å²) in [6.45, 7) is 0. The third-order valence-corrected chi connectivity index (χ3v) is 2.32.